The average Bonchev–Trinajstić information content (AvgIpc) is 2.81. The molecule has 1 aliphatic heterocycles. The number of carbonyl (C=O) groups excluding carboxylic acids is 1. The summed E-state index contributed by atoms with van der Waals surface area (Å²) in [7, 11) is 0. The quantitative estimate of drug-likeness (QED) is 0.727. The molecule has 0 aromatic heterocycles. The molecule has 1 amide bonds. The van der Waals surface area contributed by atoms with Crippen LogP contribution < -0.4 is 10.6 Å². The number of benzene rings is 1. The third-order valence-electron chi connectivity index (χ3n) is 3.03. The molecule has 3 N–H and O–H groups in total. The van der Waals surface area contributed by atoms with Crippen molar-refractivity contribution in [1.29, 1.82) is 0 Å². The highest BCUT2D eigenvalue weighted by molar-refractivity contribution is 5.67. The van der Waals surface area contributed by atoms with Gasteiger partial charge in [-0.05, 0) is 5.56 Å². The van der Waals surface area contributed by atoms with Crippen molar-refractivity contribution < 1.29 is 14.6 Å². The highest BCUT2D eigenvalue weighted by Gasteiger charge is 2.25. The minimum atomic E-state index is -0.446. The summed E-state index contributed by atoms with van der Waals surface area (Å²) < 4.78 is 5.07. The minimum Gasteiger partial charge on any atom is -0.445 e. The Morgan fingerprint density at radius 1 is 1.39 bits per heavy atom. The van der Waals surface area contributed by atoms with Crippen LogP contribution >= 0.6 is 0 Å². The van der Waals surface area contributed by atoms with Gasteiger partial charge in [-0.25, -0.2) is 4.79 Å². The number of aliphatic hydroxyl groups is 1. The first-order valence-corrected chi connectivity index (χ1v) is 6.09. The van der Waals surface area contributed by atoms with E-state index in [1.807, 2.05) is 30.3 Å². The van der Waals surface area contributed by atoms with Crippen LogP contribution in [0.2, 0.25) is 0 Å². The Labute approximate surface area is 106 Å². The second-order valence-corrected chi connectivity index (χ2v) is 4.43. The first-order valence-electron chi connectivity index (χ1n) is 6.09. The highest BCUT2D eigenvalue weighted by Crippen LogP contribution is 2.07. The molecule has 2 atom stereocenters. The second kappa shape index (κ2) is 6.37. The first-order chi connectivity index (χ1) is 8.75. The van der Waals surface area contributed by atoms with Gasteiger partial charge in [0, 0.05) is 25.6 Å². The van der Waals surface area contributed by atoms with Crippen LogP contribution in [-0.4, -0.2) is 36.9 Å². The molecule has 0 spiro atoms. The van der Waals surface area contributed by atoms with E-state index >= 15 is 0 Å². The third-order valence-corrected chi connectivity index (χ3v) is 3.03. The number of alkyl carbamates (subject to hydrolysis) is 1. The fourth-order valence-electron chi connectivity index (χ4n) is 1.92. The number of rotatable bonds is 4. The average molecular weight is 250 g/mol. The van der Waals surface area contributed by atoms with E-state index in [2.05, 4.69) is 10.6 Å². The molecule has 1 aliphatic rings. The van der Waals surface area contributed by atoms with Gasteiger partial charge in [0.1, 0.15) is 6.61 Å². The molecule has 1 aromatic rings. The summed E-state index contributed by atoms with van der Waals surface area (Å²) in [5.74, 6) is 0.0641. The molecule has 5 heteroatoms. The molecule has 0 bridgehead atoms. The van der Waals surface area contributed by atoms with Gasteiger partial charge >= 0.3 is 6.09 Å². The monoisotopic (exact) mass is 250 g/mol. The number of hydrogen-bond acceptors (Lipinski definition) is 4. The van der Waals surface area contributed by atoms with Crippen molar-refractivity contribution in [3.63, 3.8) is 0 Å². The lowest BCUT2D eigenvalue weighted by Crippen LogP contribution is -2.34. The summed E-state index contributed by atoms with van der Waals surface area (Å²) >= 11 is 0. The molecule has 1 fully saturated rings. The van der Waals surface area contributed by atoms with Crippen molar-refractivity contribution in [2.24, 2.45) is 5.92 Å². The van der Waals surface area contributed by atoms with Crippen LogP contribution in [0.3, 0.4) is 0 Å². The summed E-state index contributed by atoms with van der Waals surface area (Å²) in [6.07, 6.45) is -0.836. The van der Waals surface area contributed by atoms with Crippen LogP contribution in [0, 0.1) is 5.92 Å². The van der Waals surface area contributed by atoms with Crippen molar-refractivity contribution in [2.75, 3.05) is 19.6 Å². The fraction of sp³-hybridized carbons (Fsp3) is 0.462. The number of carbonyl (C=O) groups is 1. The first kappa shape index (κ1) is 12.9. The van der Waals surface area contributed by atoms with Crippen molar-refractivity contribution in [2.45, 2.75) is 12.7 Å². The maximum absolute atomic E-state index is 11.4. The maximum Gasteiger partial charge on any atom is 0.407 e. The molecule has 5 nitrogen and oxygen atoms in total. The molecule has 0 unspecified atom stereocenters. The Bertz CT molecular complexity index is 383. The highest BCUT2D eigenvalue weighted by atomic mass is 16.5. The van der Waals surface area contributed by atoms with E-state index in [0.717, 1.165) is 12.1 Å². The van der Waals surface area contributed by atoms with Crippen LogP contribution in [0.5, 0.6) is 0 Å². The fourth-order valence-corrected chi connectivity index (χ4v) is 1.92. The normalized spacial score (nSPS) is 22.7. The Hall–Kier alpha value is -1.59. The standard InChI is InChI=1S/C13H18N2O3/c16-12-8-14-6-11(12)7-15-13(17)18-9-10-4-2-1-3-5-10/h1-5,11-12,14,16H,6-9H2,(H,15,17)/t11-,12+/m0/s1. The van der Waals surface area contributed by atoms with E-state index in [1.54, 1.807) is 0 Å². The molecule has 0 radical (unpaired) electrons. The zero-order valence-corrected chi connectivity index (χ0v) is 10.1. The van der Waals surface area contributed by atoms with Crippen LogP contribution in [0.15, 0.2) is 30.3 Å². The molecular formula is C13H18N2O3. The van der Waals surface area contributed by atoms with Crippen LogP contribution in [0.25, 0.3) is 0 Å². The molecule has 0 saturated carbocycles. The van der Waals surface area contributed by atoms with Crippen molar-refractivity contribution in [3.8, 4) is 0 Å². The minimum absolute atomic E-state index is 0.0641. The van der Waals surface area contributed by atoms with Gasteiger partial charge in [-0.1, -0.05) is 30.3 Å². The number of β-amino-alcohol motifs (C(OH)–C–C–N with tert-alkyl or cyclic N) is 1. The smallest absolute Gasteiger partial charge is 0.407 e. The Morgan fingerprint density at radius 2 is 2.17 bits per heavy atom. The van der Waals surface area contributed by atoms with E-state index in [-0.39, 0.29) is 18.6 Å². The van der Waals surface area contributed by atoms with E-state index in [0.29, 0.717) is 13.1 Å². The SMILES string of the molecule is O=C(NC[C@@H]1CNC[C@H]1O)OCc1ccccc1. The van der Waals surface area contributed by atoms with Gasteiger partial charge in [-0.3, -0.25) is 0 Å². The van der Waals surface area contributed by atoms with E-state index in [4.69, 9.17) is 4.74 Å². The predicted molar refractivity (Wildman–Crippen MR) is 67.0 cm³/mol. The number of nitrogens with one attached hydrogen (secondary N) is 2. The van der Waals surface area contributed by atoms with Gasteiger partial charge in [0.25, 0.3) is 0 Å². The lowest BCUT2D eigenvalue weighted by molar-refractivity contribution is 0.125. The van der Waals surface area contributed by atoms with Crippen molar-refractivity contribution in [3.05, 3.63) is 35.9 Å². The molecule has 2 rings (SSSR count). The molecular weight excluding hydrogens is 232 g/mol. The summed E-state index contributed by atoms with van der Waals surface area (Å²) in [6, 6.07) is 9.52. The predicted octanol–water partition coefficient (Wildman–Crippen LogP) is 0.493. The van der Waals surface area contributed by atoms with Gasteiger partial charge in [-0.2, -0.15) is 0 Å². The molecule has 1 aromatic carbocycles. The molecule has 98 valence electrons. The van der Waals surface area contributed by atoms with Crippen molar-refractivity contribution in [1.82, 2.24) is 10.6 Å². The Kier molecular flexibility index (Phi) is 4.55. The lowest BCUT2D eigenvalue weighted by Gasteiger charge is -2.14. The largest absolute Gasteiger partial charge is 0.445 e. The summed E-state index contributed by atoms with van der Waals surface area (Å²) in [4.78, 5) is 11.4. The zero-order valence-electron chi connectivity index (χ0n) is 10.1. The second-order valence-electron chi connectivity index (χ2n) is 4.43. The summed E-state index contributed by atoms with van der Waals surface area (Å²) in [6.45, 7) is 2.01. The van der Waals surface area contributed by atoms with E-state index < -0.39 is 6.09 Å². The van der Waals surface area contributed by atoms with Crippen LogP contribution in [0.1, 0.15) is 5.56 Å². The van der Waals surface area contributed by atoms with Gasteiger partial charge in [-0.15, -0.1) is 0 Å². The van der Waals surface area contributed by atoms with Crippen LogP contribution in [0.4, 0.5) is 4.79 Å². The molecule has 0 aliphatic carbocycles. The number of aliphatic hydroxyl groups excluding tert-OH is 1. The van der Waals surface area contributed by atoms with Crippen LogP contribution in [-0.2, 0) is 11.3 Å². The summed E-state index contributed by atoms with van der Waals surface area (Å²) in [5, 5.41) is 15.3. The van der Waals surface area contributed by atoms with Gasteiger partial charge in [0.2, 0.25) is 0 Å². The molecule has 18 heavy (non-hydrogen) atoms. The number of hydrogen-bond donors (Lipinski definition) is 3. The van der Waals surface area contributed by atoms with E-state index in [9.17, 15) is 9.90 Å². The van der Waals surface area contributed by atoms with Crippen molar-refractivity contribution >= 4 is 6.09 Å². The zero-order chi connectivity index (χ0) is 12.8. The van der Waals surface area contributed by atoms with Gasteiger partial charge < -0.3 is 20.5 Å². The maximum atomic E-state index is 11.4. The number of amides is 1. The molecule has 1 heterocycles. The summed E-state index contributed by atoms with van der Waals surface area (Å²) in [5.41, 5.74) is 0.954. The van der Waals surface area contributed by atoms with Gasteiger partial charge in [0.05, 0.1) is 6.10 Å². The van der Waals surface area contributed by atoms with E-state index in [1.165, 1.54) is 0 Å². The molecule has 1 saturated heterocycles. The topological polar surface area (TPSA) is 70.6 Å². The van der Waals surface area contributed by atoms with Gasteiger partial charge in [0.15, 0.2) is 0 Å². The number of ether oxygens (including phenoxy) is 1. The lowest BCUT2D eigenvalue weighted by atomic mass is 10.1. The Balaban J connectivity index is 1.66. The third kappa shape index (κ3) is 3.72. The Morgan fingerprint density at radius 3 is 2.83 bits per heavy atom.